The Balaban J connectivity index is 2.00. The van der Waals surface area contributed by atoms with Crippen LogP contribution >= 0.6 is 22.6 Å². The maximum Gasteiger partial charge on any atom is 0.322 e. The Morgan fingerprint density at radius 2 is 2.16 bits per heavy atom. The molecule has 0 fully saturated rings. The average Bonchev–Trinajstić information content (AvgIpc) is 2.47. The topological polar surface area (TPSA) is 70.7 Å². The first kappa shape index (κ1) is 13.9. The standard InChI is InChI=1S/C13H15IN4O/c14-11(8-15)12-9-18(7-6-16-12)13(19)17-10-4-2-1-3-5-10/h1-5,8H,6-7,9,15H2,(H,17,19). The second-order valence-electron chi connectivity index (χ2n) is 4.06. The van der Waals surface area contributed by atoms with Gasteiger partial charge < -0.3 is 16.0 Å². The molecular formula is C13H15IN4O. The fraction of sp³-hybridized carbons (Fsp3) is 0.231. The number of benzene rings is 1. The van der Waals surface area contributed by atoms with Gasteiger partial charge >= 0.3 is 6.03 Å². The Hall–Kier alpha value is -1.57. The summed E-state index contributed by atoms with van der Waals surface area (Å²) in [5.41, 5.74) is 7.13. The Kier molecular flexibility index (Phi) is 4.78. The molecule has 1 heterocycles. The third kappa shape index (κ3) is 3.69. The van der Waals surface area contributed by atoms with E-state index in [0.29, 0.717) is 19.6 Å². The predicted octanol–water partition coefficient (Wildman–Crippen LogP) is 2.21. The van der Waals surface area contributed by atoms with Gasteiger partial charge in [-0.15, -0.1) is 0 Å². The lowest BCUT2D eigenvalue weighted by Crippen LogP contribution is -2.43. The van der Waals surface area contributed by atoms with E-state index in [-0.39, 0.29) is 6.03 Å². The Morgan fingerprint density at radius 1 is 1.42 bits per heavy atom. The number of carbonyl (C=O) groups is 1. The largest absolute Gasteiger partial charge is 0.404 e. The van der Waals surface area contributed by atoms with Gasteiger partial charge in [0.25, 0.3) is 0 Å². The minimum Gasteiger partial charge on any atom is -0.404 e. The number of rotatable bonds is 2. The summed E-state index contributed by atoms with van der Waals surface area (Å²) in [4.78, 5) is 18.2. The third-order valence-corrected chi connectivity index (χ3v) is 3.73. The molecule has 0 radical (unpaired) electrons. The maximum absolute atomic E-state index is 12.1. The summed E-state index contributed by atoms with van der Waals surface area (Å²) in [6.07, 6.45) is 1.51. The number of nitrogens with one attached hydrogen (secondary N) is 1. The van der Waals surface area contributed by atoms with Gasteiger partial charge in [-0.1, -0.05) is 18.2 Å². The molecule has 1 aliphatic heterocycles. The zero-order valence-corrected chi connectivity index (χ0v) is 12.5. The zero-order chi connectivity index (χ0) is 13.7. The number of hydrogen-bond donors (Lipinski definition) is 2. The van der Waals surface area contributed by atoms with E-state index in [0.717, 1.165) is 15.0 Å². The van der Waals surface area contributed by atoms with Crippen molar-refractivity contribution in [3.05, 3.63) is 40.1 Å². The van der Waals surface area contributed by atoms with Crippen molar-refractivity contribution in [1.82, 2.24) is 4.90 Å². The third-order valence-electron chi connectivity index (χ3n) is 2.75. The molecular weight excluding hydrogens is 355 g/mol. The Bertz CT molecular complexity index is 513. The molecule has 2 rings (SSSR count). The van der Waals surface area contributed by atoms with E-state index in [9.17, 15) is 4.79 Å². The first-order valence-electron chi connectivity index (χ1n) is 5.93. The van der Waals surface area contributed by atoms with Crippen LogP contribution in [0.1, 0.15) is 0 Å². The zero-order valence-electron chi connectivity index (χ0n) is 10.3. The molecule has 0 aromatic heterocycles. The van der Waals surface area contributed by atoms with Crippen LogP contribution in [0.15, 0.2) is 45.1 Å². The number of nitrogens with zero attached hydrogens (tertiary/aromatic N) is 2. The molecule has 100 valence electrons. The number of urea groups is 1. The molecule has 1 aromatic rings. The highest BCUT2D eigenvalue weighted by Gasteiger charge is 2.20. The summed E-state index contributed by atoms with van der Waals surface area (Å²) >= 11 is 2.13. The van der Waals surface area contributed by atoms with Crippen LogP contribution in [0.5, 0.6) is 0 Å². The molecule has 19 heavy (non-hydrogen) atoms. The molecule has 0 saturated carbocycles. The lowest BCUT2D eigenvalue weighted by molar-refractivity contribution is 0.218. The summed E-state index contributed by atoms with van der Waals surface area (Å²) in [6.45, 7) is 1.72. The number of amides is 2. The molecule has 5 nitrogen and oxygen atoms in total. The van der Waals surface area contributed by atoms with Gasteiger partial charge in [-0.3, -0.25) is 4.99 Å². The Labute approximate surface area is 125 Å². The molecule has 0 spiro atoms. The van der Waals surface area contributed by atoms with Gasteiger partial charge in [0.2, 0.25) is 0 Å². The van der Waals surface area contributed by atoms with Crippen molar-refractivity contribution in [3.63, 3.8) is 0 Å². The van der Waals surface area contributed by atoms with Crippen molar-refractivity contribution in [2.75, 3.05) is 25.0 Å². The average molecular weight is 370 g/mol. The van der Waals surface area contributed by atoms with Crippen LogP contribution in [0.3, 0.4) is 0 Å². The second-order valence-corrected chi connectivity index (χ2v) is 5.22. The number of nitrogens with two attached hydrogens (primary N) is 1. The van der Waals surface area contributed by atoms with E-state index in [1.54, 1.807) is 4.90 Å². The highest BCUT2D eigenvalue weighted by Crippen LogP contribution is 2.13. The number of para-hydroxylation sites is 1. The number of halogens is 1. The molecule has 3 N–H and O–H groups in total. The minimum absolute atomic E-state index is 0.111. The minimum atomic E-state index is -0.111. The number of anilines is 1. The maximum atomic E-state index is 12.1. The van der Waals surface area contributed by atoms with Gasteiger partial charge in [0.15, 0.2) is 0 Å². The van der Waals surface area contributed by atoms with Gasteiger partial charge in [-0.25, -0.2) is 4.79 Å². The molecule has 1 aromatic carbocycles. The molecule has 2 amide bonds. The fourth-order valence-corrected chi connectivity index (χ4v) is 2.10. The van der Waals surface area contributed by atoms with Crippen LogP contribution < -0.4 is 11.1 Å². The molecule has 0 atom stereocenters. The SMILES string of the molecule is NC=C(I)C1=NCCN(C(=O)Nc2ccccc2)C1. The van der Waals surface area contributed by atoms with E-state index in [2.05, 4.69) is 32.9 Å². The van der Waals surface area contributed by atoms with Gasteiger partial charge in [0.05, 0.1) is 22.4 Å². The van der Waals surface area contributed by atoms with Crippen molar-refractivity contribution in [3.8, 4) is 0 Å². The van der Waals surface area contributed by atoms with E-state index in [1.807, 2.05) is 30.3 Å². The van der Waals surface area contributed by atoms with E-state index < -0.39 is 0 Å². The van der Waals surface area contributed by atoms with Gasteiger partial charge in [-0.2, -0.15) is 0 Å². The summed E-state index contributed by atoms with van der Waals surface area (Å²) in [6, 6.07) is 9.30. The number of aliphatic imine (C=N–C) groups is 1. The summed E-state index contributed by atoms with van der Waals surface area (Å²) in [5, 5.41) is 2.87. The predicted molar refractivity (Wildman–Crippen MR) is 85.6 cm³/mol. The van der Waals surface area contributed by atoms with Crippen molar-refractivity contribution in [1.29, 1.82) is 0 Å². The van der Waals surface area contributed by atoms with Crippen molar-refractivity contribution < 1.29 is 4.79 Å². The van der Waals surface area contributed by atoms with E-state index >= 15 is 0 Å². The van der Waals surface area contributed by atoms with Crippen LogP contribution in [0.25, 0.3) is 0 Å². The van der Waals surface area contributed by atoms with Gasteiger partial charge in [0, 0.05) is 18.4 Å². The number of hydrogen-bond acceptors (Lipinski definition) is 3. The highest BCUT2D eigenvalue weighted by atomic mass is 127. The molecule has 0 aliphatic carbocycles. The molecule has 1 aliphatic rings. The van der Waals surface area contributed by atoms with Crippen LogP contribution in [-0.2, 0) is 0 Å². The molecule has 0 bridgehead atoms. The second kappa shape index (κ2) is 6.55. The lowest BCUT2D eigenvalue weighted by Gasteiger charge is -2.26. The first-order valence-corrected chi connectivity index (χ1v) is 7.00. The summed E-state index contributed by atoms with van der Waals surface area (Å²) in [5.74, 6) is 0. The molecule has 6 heteroatoms. The highest BCUT2D eigenvalue weighted by molar-refractivity contribution is 14.1. The van der Waals surface area contributed by atoms with Gasteiger partial charge in [0.1, 0.15) is 0 Å². The van der Waals surface area contributed by atoms with Gasteiger partial charge in [-0.05, 0) is 34.7 Å². The van der Waals surface area contributed by atoms with Crippen LogP contribution in [0.2, 0.25) is 0 Å². The number of carbonyl (C=O) groups excluding carboxylic acids is 1. The van der Waals surface area contributed by atoms with E-state index in [4.69, 9.17) is 5.73 Å². The van der Waals surface area contributed by atoms with Crippen LogP contribution in [-0.4, -0.2) is 36.3 Å². The van der Waals surface area contributed by atoms with Crippen molar-refractivity contribution in [2.45, 2.75) is 0 Å². The Morgan fingerprint density at radius 3 is 2.84 bits per heavy atom. The lowest BCUT2D eigenvalue weighted by atomic mass is 10.2. The molecule has 0 saturated heterocycles. The summed E-state index contributed by atoms with van der Waals surface area (Å²) < 4.78 is 0.884. The van der Waals surface area contributed by atoms with Crippen LogP contribution in [0.4, 0.5) is 10.5 Å². The van der Waals surface area contributed by atoms with Crippen LogP contribution in [0, 0.1) is 0 Å². The normalized spacial score (nSPS) is 15.9. The fourth-order valence-electron chi connectivity index (χ4n) is 1.76. The quantitative estimate of drug-likeness (QED) is 0.784. The van der Waals surface area contributed by atoms with Crippen molar-refractivity contribution >= 4 is 40.0 Å². The van der Waals surface area contributed by atoms with E-state index in [1.165, 1.54) is 6.20 Å². The first-order chi connectivity index (χ1) is 9.20. The molecule has 0 unspecified atom stereocenters. The summed E-state index contributed by atoms with van der Waals surface area (Å²) in [7, 11) is 0. The monoisotopic (exact) mass is 370 g/mol. The smallest absolute Gasteiger partial charge is 0.322 e. The van der Waals surface area contributed by atoms with Crippen molar-refractivity contribution in [2.24, 2.45) is 10.7 Å².